The van der Waals surface area contributed by atoms with E-state index in [9.17, 15) is 0 Å². The Hall–Kier alpha value is -2.02. The Kier molecular flexibility index (Phi) is 3.78. The molecule has 0 atom stereocenters. The van der Waals surface area contributed by atoms with Crippen molar-refractivity contribution in [3.63, 3.8) is 0 Å². The van der Waals surface area contributed by atoms with E-state index in [2.05, 4.69) is 6.07 Å². The van der Waals surface area contributed by atoms with Gasteiger partial charge in [0.2, 0.25) is 0 Å². The first-order valence-electron chi connectivity index (χ1n) is 5.26. The van der Waals surface area contributed by atoms with Gasteiger partial charge >= 0.3 is 0 Å². The van der Waals surface area contributed by atoms with Gasteiger partial charge in [0, 0.05) is 0 Å². The zero-order valence-electron chi connectivity index (χ0n) is 8.97. The monoisotopic (exact) mass is 209 g/mol. The molecule has 0 aromatic heterocycles. The normalized spacial score (nSPS) is 10.5. The third kappa shape index (κ3) is 3.28. The van der Waals surface area contributed by atoms with Gasteiger partial charge in [-0.25, -0.2) is 0 Å². The Balaban J connectivity index is 1.83. The van der Waals surface area contributed by atoms with Crippen molar-refractivity contribution in [2.75, 3.05) is 6.61 Å². The SMILES string of the molecule is [c]1ccccc1/C=C/COc1ccccc1. The van der Waals surface area contributed by atoms with Crippen LogP contribution in [0.5, 0.6) is 5.75 Å². The average Bonchev–Trinajstić information content (AvgIpc) is 2.37. The van der Waals surface area contributed by atoms with Crippen molar-refractivity contribution in [2.24, 2.45) is 0 Å². The van der Waals surface area contributed by atoms with E-state index in [-0.39, 0.29) is 0 Å². The lowest BCUT2D eigenvalue weighted by atomic mass is 10.2. The molecule has 0 aliphatic carbocycles. The number of benzene rings is 2. The molecule has 1 nitrogen and oxygen atoms in total. The van der Waals surface area contributed by atoms with Crippen LogP contribution in [0.4, 0.5) is 0 Å². The van der Waals surface area contributed by atoms with Crippen LogP contribution in [-0.2, 0) is 0 Å². The van der Waals surface area contributed by atoms with Crippen molar-refractivity contribution in [3.05, 3.63) is 72.3 Å². The number of hydrogen-bond acceptors (Lipinski definition) is 1. The van der Waals surface area contributed by atoms with Gasteiger partial charge < -0.3 is 4.74 Å². The molecule has 0 spiro atoms. The molecule has 0 fully saturated rings. The summed E-state index contributed by atoms with van der Waals surface area (Å²) in [4.78, 5) is 0. The quantitative estimate of drug-likeness (QED) is 0.747. The molecule has 0 N–H and O–H groups in total. The van der Waals surface area contributed by atoms with Gasteiger partial charge in [0.1, 0.15) is 12.4 Å². The summed E-state index contributed by atoms with van der Waals surface area (Å²) in [5.74, 6) is 0.893. The molecule has 1 heteroatoms. The number of rotatable bonds is 4. The van der Waals surface area contributed by atoms with Crippen molar-refractivity contribution in [3.8, 4) is 5.75 Å². The minimum Gasteiger partial charge on any atom is -0.490 e. The van der Waals surface area contributed by atoms with E-state index in [0.717, 1.165) is 11.3 Å². The first-order chi connectivity index (χ1) is 7.95. The molecule has 79 valence electrons. The van der Waals surface area contributed by atoms with Crippen LogP contribution < -0.4 is 4.74 Å². The van der Waals surface area contributed by atoms with Crippen LogP contribution in [0.15, 0.2) is 60.7 Å². The fraction of sp³-hybridized carbons (Fsp3) is 0.0667. The fourth-order valence-electron chi connectivity index (χ4n) is 1.35. The molecule has 0 saturated heterocycles. The van der Waals surface area contributed by atoms with Crippen LogP contribution in [0.3, 0.4) is 0 Å². The number of para-hydroxylation sites is 1. The summed E-state index contributed by atoms with van der Waals surface area (Å²) in [6.45, 7) is 0.576. The Labute approximate surface area is 96.0 Å². The van der Waals surface area contributed by atoms with Crippen LogP contribution in [-0.4, -0.2) is 6.61 Å². The van der Waals surface area contributed by atoms with Crippen molar-refractivity contribution in [2.45, 2.75) is 0 Å². The van der Waals surface area contributed by atoms with Crippen molar-refractivity contribution in [1.29, 1.82) is 0 Å². The second-order valence-corrected chi connectivity index (χ2v) is 3.34. The highest BCUT2D eigenvalue weighted by Gasteiger charge is 1.87. The van der Waals surface area contributed by atoms with Gasteiger partial charge in [-0.15, -0.1) is 0 Å². The van der Waals surface area contributed by atoms with Crippen LogP contribution >= 0.6 is 0 Å². The fourth-order valence-corrected chi connectivity index (χ4v) is 1.35. The van der Waals surface area contributed by atoms with E-state index < -0.39 is 0 Å². The molecule has 0 unspecified atom stereocenters. The lowest BCUT2D eigenvalue weighted by Crippen LogP contribution is -1.92. The van der Waals surface area contributed by atoms with E-state index in [1.807, 2.05) is 66.7 Å². The maximum absolute atomic E-state index is 5.53. The average molecular weight is 209 g/mol. The summed E-state index contributed by atoms with van der Waals surface area (Å²) in [5.41, 5.74) is 1.07. The van der Waals surface area contributed by atoms with Gasteiger partial charge in [-0.05, 0) is 29.8 Å². The topological polar surface area (TPSA) is 9.23 Å². The number of hydrogen-bond donors (Lipinski definition) is 0. The summed E-state index contributed by atoms with van der Waals surface area (Å²) in [7, 11) is 0. The van der Waals surface area contributed by atoms with Gasteiger partial charge in [0.15, 0.2) is 0 Å². The Bertz CT molecular complexity index is 432. The zero-order valence-corrected chi connectivity index (χ0v) is 8.97. The minimum atomic E-state index is 0.576. The molecule has 0 saturated carbocycles. The van der Waals surface area contributed by atoms with E-state index in [4.69, 9.17) is 4.74 Å². The Morgan fingerprint density at radius 3 is 2.56 bits per heavy atom. The summed E-state index contributed by atoms with van der Waals surface area (Å²) in [6.07, 6.45) is 3.99. The lowest BCUT2D eigenvalue weighted by molar-refractivity contribution is 0.363. The van der Waals surface area contributed by atoms with Crippen LogP contribution in [0.25, 0.3) is 6.08 Å². The van der Waals surface area contributed by atoms with E-state index >= 15 is 0 Å². The second kappa shape index (κ2) is 5.76. The molecule has 0 bridgehead atoms. The van der Waals surface area contributed by atoms with Crippen LogP contribution in [0.1, 0.15) is 5.56 Å². The van der Waals surface area contributed by atoms with Crippen LogP contribution in [0.2, 0.25) is 0 Å². The predicted octanol–water partition coefficient (Wildman–Crippen LogP) is 3.58. The molecule has 2 aromatic rings. The number of ether oxygens (including phenoxy) is 1. The summed E-state index contributed by atoms with van der Waals surface area (Å²) < 4.78 is 5.53. The smallest absolute Gasteiger partial charge is 0.119 e. The standard InChI is InChI=1S/C15H13O/c1-3-8-14(9-4-1)10-7-13-16-15-11-5-2-6-12-15/h1-8,10-12H,13H2/b10-7+. The predicted molar refractivity (Wildman–Crippen MR) is 66.2 cm³/mol. The molecular weight excluding hydrogens is 196 g/mol. The van der Waals surface area contributed by atoms with Gasteiger partial charge in [-0.2, -0.15) is 0 Å². The second-order valence-electron chi connectivity index (χ2n) is 3.34. The van der Waals surface area contributed by atoms with Gasteiger partial charge in [-0.3, -0.25) is 0 Å². The molecular formula is C15H13O. The molecule has 0 heterocycles. The molecule has 0 amide bonds. The summed E-state index contributed by atoms with van der Waals surface area (Å²) in [5, 5.41) is 0. The van der Waals surface area contributed by atoms with Crippen molar-refractivity contribution < 1.29 is 4.74 Å². The maximum Gasteiger partial charge on any atom is 0.119 e. The van der Waals surface area contributed by atoms with Crippen molar-refractivity contribution in [1.82, 2.24) is 0 Å². The molecule has 0 aliphatic rings. The van der Waals surface area contributed by atoms with E-state index in [0.29, 0.717) is 6.61 Å². The molecule has 0 aliphatic heterocycles. The van der Waals surface area contributed by atoms with E-state index in [1.54, 1.807) is 0 Å². The maximum atomic E-state index is 5.53. The Morgan fingerprint density at radius 2 is 1.81 bits per heavy atom. The first-order valence-corrected chi connectivity index (χ1v) is 5.26. The molecule has 1 radical (unpaired) electrons. The summed E-state index contributed by atoms with van der Waals surface area (Å²) in [6, 6.07) is 20.8. The molecule has 2 rings (SSSR count). The molecule has 2 aromatic carbocycles. The van der Waals surface area contributed by atoms with Gasteiger partial charge in [-0.1, -0.05) is 48.5 Å². The largest absolute Gasteiger partial charge is 0.490 e. The molecule has 16 heavy (non-hydrogen) atoms. The van der Waals surface area contributed by atoms with Gasteiger partial charge in [0.05, 0.1) is 0 Å². The lowest BCUT2D eigenvalue weighted by Gasteiger charge is -2.01. The highest BCUT2D eigenvalue weighted by atomic mass is 16.5. The van der Waals surface area contributed by atoms with Crippen molar-refractivity contribution >= 4 is 6.08 Å². The van der Waals surface area contributed by atoms with E-state index in [1.165, 1.54) is 0 Å². The first kappa shape index (κ1) is 10.5. The van der Waals surface area contributed by atoms with Crippen LogP contribution in [0, 0.1) is 6.07 Å². The third-order valence-electron chi connectivity index (χ3n) is 2.12. The summed E-state index contributed by atoms with van der Waals surface area (Å²) >= 11 is 0. The third-order valence-corrected chi connectivity index (χ3v) is 2.12. The Morgan fingerprint density at radius 1 is 1.00 bits per heavy atom. The zero-order chi connectivity index (χ0) is 11.1. The van der Waals surface area contributed by atoms with Gasteiger partial charge in [0.25, 0.3) is 0 Å². The highest BCUT2D eigenvalue weighted by molar-refractivity contribution is 5.48. The highest BCUT2D eigenvalue weighted by Crippen LogP contribution is 2.08. The minimum absolute atomic E-state index is 0.576.